The number of nitrogens with zero attached hydrogens (tertiary/aromatic N) is 3. The highest BCUT2D eigenvalue weighted by Gasteiger charge is 2.30. The van der Waals surface area contributed by atoms with Crippen LogP contribution in [-0.2, 0) is 13.1 Å². The minimum Gasteiger partial charge on any atom is -0.497 e. The molecule has 1 aliphatic rings. The Bertz CT molecular complexity index is 942. The zero-order valence-corrected chi connectivity index (χ0v) is 15.9. The van der Waals surface area contributed by atoms with E-state index in [1.807, 2.05) is 24.3 Å². The third-order valence-corrected chi connectivity index (χ3v) is 4.76. The number of ether oxygens (including phenoxy) is 2. The summed E-state index contributed by atoms with van der Waals surface area (Å²) in [6.45, 7) is -1.68. The maximum atomic E-state index is 12.6. The van der Waals surface area contributed by atoms with Crippen molar-refractivity contribution in [1.29, 1.82) is 0 Å². The summed E-state index contributed by atoms with van der Waals surface area (Å²) < 4.78 is 40.4. The minimum absolute atomic E-state index is 0.0205. The van der Waals surface area contributed by atoms with Crippen molar-refractivity contribution < 1.29 is 22.8 Å². The topological polar surface area (TPSA) is 60.6 Å². The molecule has 6 nitrogen and oxygen atoms in total. The summed E-state index contributed by atoms with van der Waals surface area (Å²) >= 11 is 0. The summed E-state index contributed by atoms with van der Waals surface area (Å²) in [5.41, 5.74) is 1.53. The molecule has 29 heavy (non-hydrogen) atoms. The number of benzene rings is 2. The second-order valence-electron chi connectivity index (χ2n) is 6.87. The number of alkyl halides is 2. The highest BCUT2D eigenvalue weighted by Crippen LogP contribution is 2.32. The van der Waals surface area contributed by atoms with Crippen molar-refractivity contribution >= 4 is 0 Å². The quantitative estimate of drug-likeness (QED) is 0.526. The zero-order valence-electron chi connectivity index (χ0n) is 15.9. The van der Waals surface area contributed by atoms with Crippen LogP contribution in [0, 0.1) is 0 Å². The first-order chi connectivity index (χ1) is 14.1. The Morgan fingerprint density at radius 1 is 1.10 bits per heavy atom. The molecule has 1 heterocycles. The van der Waals surface area contributed by atoms with Gasteiger partial charge in [-0.15, -0.1) is 0 Å². The lowest BCUT2D eigenvalue weighted by Crippen LogP contribution is -2.25. The number of halogens is 2. The van der Waals surface area contributed by atoms with Gasteiger partial charge in [0.15, 0.2) is 0 Å². The fraction of sp³-hybridized carbons (Fsp3) is 0.333. The molecule has 0 unspecified atom stereocenters. The fourth-order valence-electron chi connectivity index (χ4n) is 3.17. The highest BCUT2D eigenvalue weighted by molar-refractivity contribution is 5.63. The van der Waals surface area contributed by atoms with Crippen LogP contribution in [0.25, 0.3) is 11.4 Å². The van der Waals surface area contributed by atoms with Gasteiger partial charge in [-0.1, -0.05) is 29.4 Å². The number of aromatic nitrogens is 2. The van der Waals surface area contributed by atoms with Gasteiger partial charge in [-0.2, -0.15) is 13.8 Å². The van der Waals surface area contributed by atoms with Crippen LogP contribution in [0.15, 0.2) is 53.1 Å². The molecule has 1 saturated carbocycles. The number of para-hydroxylation sites is 1. The van der Waals surface area contributed by atoms with Gasteiger partial charge in [0.05, 0.1) is 19.2 Å². The van der Waals surface area contributed by atoms with Crippen LogP contribution < -0.4 is 9.47 Å². The van der Waals surface area contributed by atoms with E-state index in [4.69, 9.17) is 9.26 Å². The molecule has 1 aromatic heterocycles. The van der Waals surface area contributed by atoms with Crippen LogP contribution in [-0.4, -0.2) is 34.8 Å². The lowest BCUT2D eigenvalue weighted by atomic mass is 10.2. The van der Waals surface area contributed by atoms with Crippen molar-refractivity contribution in [3.05, 3.63) is 60.0 Å². The Labute approximate surface area is 167 Å². The Hall–Kier alpha value is -3.00. The van der Waals surface area contributed by atoms with Crippen LogP contribution in [0.3, 0.4) is 0 Å². The Morgan fingerprint density at radius 3 is 2.55 bits per heavy atom. The lowest BCUT2D eigenvalue weighted by molar-refractivity contribution is -0.0494. The summed E-state index contributed by atoms with van der Waals surface area (Å²) in [5.74, 6) is 1.51. The van der Waals surface area contributed by atoms with Gasteiger partial charge in [-0.3, -0.25) is 4.90 Å². The van der Waals surface area contributed by atoms with Crippen molar-refractivity contribution in [1.82, 2.24) is 15.0 Å². The van der Waals surface area contributed by atoms with Crippen LogP contribution >= 0.6 is 0 Å². The number of methoxy groups -OCH3 is 1. The van der Waals surface area contributed by atoms with Gasteiger partial charge in [-0.25, -0.2) is 0 Å². The van der Waals surface area contributed by atoms with E-state index >= 15 is 0 Å². The maximum Gasteiger partial charge on any atom is 0.387 e. The second kappa shape index (κ2) is 8.57. The first-order valence-electron chi connectivity index (χ1n) is 9.36. The highest BCUT2D eigenvalue weighted by atomic mass is 19.3. The normalized spacial score (nSPS) is 13.8. The summed E-state index contributed by atoms with van der Waals surface area (Å²) in [5, 5.41) is 3.96. The molecule has 4 rings (SSSR count). The summed E-state index contributed by atoms with van der Waals surface area (Å²) in [7, 11) is 1.64. The predicted octanol–water partition coefficient (Wildman–Crippen LogP) is 4.51. The Balaban J connectivity index is 1.48. The smallest absolute Gasteiger partial charge is 0.387 e. The number of hydrogen-bond donors (Lipinski definition) is 0. The molecule has 8 heteroatoms. The first-order valence-corrected chi connectivity index (χ1v) is 9.36. The number of rotatable bonds is 9. The second-order valence-corrected chi connectivity index (χ2v) is 6.87. The van der Waals surface area contributed by atoms with E-state index in [2.05, 4.69) is 19.8 Å². The molecule has 3 aromatic rings. The van der Waals surface area contributed by atoms with E-state index in [1.165, 1.54) is 6.07 Å². The molecule has 152 valence electrons. The van der Waals surface area contributed by atoms with Crippen molar-refractivity contribution in [2.45, 2.75) is 38.6 Å². The van der Waals surface area contributed by atoms with Crippen LogP contribution in [0.4, 0.5) is 8.78 Å². The average molecular weight is 401 g/mol. The molecule has 0 N–H and O–H groups in total. The van der Waals surface area contributed by atoms with E-state index in [1.54, 1.807) is 25.3 Å². The lowest BCUT2D eigenvalue weighted by Gasteiger charge is -2.20. The van der Waals surface area contributed by atoms with Gasteiger partial charge >= 0.3 is 6.61 Å². The van der Waals surface area contributed by atoms with Gasteiger partial charge in [0.25, 0.3) is 0 Å². The Morgan fingerprint density at radius 2 is 1.86 bits per heavy atom. The largest absolute Gasteiger partial charge is 0.497 e. The molecular weight excluding hydrogens is 380 g/mol. The van der Waals surface area contributed by atoms with Crippen molar-refractivity contribution in [3.8, 4) is 22.9 Å². The van der Waals surface area contributed by atoms with Crippen molar-refractivity contribution in [2.75, 3.05) is 7.11 Å². The van der Waals surface area contributed by atoms with E-state index in [0.717, 1.165) is 30.7 Å². The summed E-state index contributed by atoms with van der Waals surface area (Å²) in [6.07, 6.45) is 2.25. The van der Waals surface area contributed by atoms with E-state index < -0.39 is 6.61 Å². The molecule has 1 fully saturated rings. The molecule has 0 radical (unpaired) electrons. The predicted molar refractivity (Wildman–Crippen MR) is 102 cm³/mol. The average Bonchev–Trinajstić information content (AvgIpc) is 3.47. The van der Waals surface area contributed by atoms with Gasteiger partial charge in [0.1, 0.15) is 11.5 Å². The molecular formula is C21H21F2N3O3. The van der Waals surface area contributed by atoms with Crippen molar-refractivity contribution in [2.24, 2.45) is 0 Å². The van der Waals surface area contributed by atoms with E-state index in [9.17, 15) is 8.78 Å². The standard InChI is InChI=1S/C21H21F2N3O3/c1-27-16-10-6-14(7-11-16)12-26(15-8-9-15)13-19-24-20(25-29-19)17-4-2-3-5-18(17)28-21(22)23/h2-7,10-11,15,21H,8-9,12-13H2,1H3. The number of hydrogen-bond acceptors (Lipinski definition) is 6. The molecule has 0 spiro atoms. The van der Waals surface area contributed by atoms with Gasteiger partial charge in [0, 0.05) is 12.6 Å². The minimum atomic E-state index is -2.92. The van der Waals surface area contributed by atoms with Gasteiger partial charge in [0.2, 0.25) is 11.7 Å². The molecule has 0 amide bonds. The SMILES string of the molecule is COc1ccc(CN(Cc2nc(-c3ccccc3OC(F)F)no2)C2CC2)cc1. The first kappa shape index (κ1) is 19.3. The Kier molecular flexibility index (Phi) is 5.71. The summed E-state index contributed by atoms with van der Waals surface area (Å²) in [6, 6.07) is 14.8. The van der Waals surface area contributed by atoms with Crippen LogP contribution in [0.2, 0.25) is 0 Å². The molecule has 0 aliphatic heterocycles. The molecule has 2 aromatic carbocycles. The zero-order chi connectivity index (χ0) is 20.2. The fourth-order valence-corrected chi connectivity index (χ4v) is 3.17. The van der Waals surface area contributed by atoms with Gasteiger partial charge in [-0.05, 0) is 42.7 Å². The third-order valence-electron chi connectivity index (χ3n) is 4.76. The molecule has 0 bridgehead atoms. The summed E-state index contributed by atoms with van der Waals surface area (Å²) in [4.78, 5) is 6.68. The molecule has 0 atom stereocenters. The van der Waals surface area contributed by atoms with E-state index in [0.29, 0.717) is 24.0 Å². The molecule has 0 saturated heterocycles. The van der Waals surface area contributed by atoms with E-state index in [-0.39, 0.29) is 11.6 Å². The maximum absolute atomic E-state index is 12.6. The van der Waals surface area contributed by atoms with Crippen LogP contribution in [0.1, 0.15) is 24.3 Å². The monoisotopic (exact) mass is 401 g/mol. The van der Waals surface area contributed by atoms with Crippen molar-refractivity contribution in [3.63, 3.8) is 0 Å². The van der Waals surface area contributed by atoms with Gasteiger partial charge < -0.3 is 14.0 Å². The van der Waals surface area contributed by atoms with Crippen LogP contribution in [0.5, 0.6) is 11.5 Å². The molecule has 1 aliphatic carbocycles. The third kappa shape index (κ3) is 4.89.